The molecule has 0 saturated carbocycles. The van der Waals surface area contributed by atoms with Gasteiger partial charge in [-0.05, 0) is 24.3 Å². The summed E-state index contributed by atoms with van der Waals surface area (Å²) in [6.07, 6.45) is 3.27. The van der Waals surface area contributed by atoms with Crippen molar-refractivity contribution in [3.63, 3.8) is 0 Å². The van der Waals surface area contributed by atoms with E-state index in [0.717, 1.165) is 5.69 Å². The number of benzene rings is 1. The van der Waals surface area contributed by atoms with Gasteiger partial charge in [-0.2, -0.15) is 0 Å². The number of nitrogens with zero attached hydrogens (tertiary/aromatic N) is 3. The van der Waals surface area contributed by atoms with E-state index in [9.17, 15) is 4.39 Å². The Balaban J connectivity index is 2.43. The first kappa shape index (κ1) is 6.97. The minimum atomic E-state index is -0.251. The van der Waals surface area contributed by atoms with Crippen LogP contribution in [-0.4, -0.2) is 15.0 Å². The van der Waals surface area contributed by atoms with E-state index in [1.165, 1.54) is 12.1 Å². The Labute approximate surface area is 68.4 Å². The largest absolute Gasteiger partial charge is 0.221 e. The molecule has 0 spiro atoms. The van der Waals surface area contributed by atoms with E-state index in [4.69, 9.17) is 0 Å². The van der Waals surface area contributed by atoms with Crippen molar-refractivity contribution in [2.75, 3.05) is 0 Å². The molecule has 0 bridgehead atoms. The quantitative estimate of drug-likeness (QED) is 0.636. The smallest absolute Gasteiger partial charge is 0.123 e. The summed E-state index contributed by atoms with van der Waals surface area (Å²) >= 11 is 0. The molecular formula is C8H6FN3. The van der Waals surface area contributed by atoms with Gasteiger partial charge in [0.25, 0.3) is 0 Å². The summed E-state index contributed by atoms with van der Waals surface area (Å²) in [5.41, 5.74) is 0.800. The van der Waals surface area contributed by atoms with Gasteiger partial charge in [-0.1, -0.05) is 5.21 Å². The second kappa shape index (κ2) is 2.73. The minimum Gasteiger partial charge on any atom is -0.221 e. The summed E-state index contributed by atoms with van der Waals surface area (Å²) in [5, 5.41) is 7.40. The van der Waals surface area contributed by atoms with Crippen molar-refractivity contribution < 1.29 is 4.39 Å². The first-order valence-corrected chi connectivity index (χ1v) is 3.48. The molecule has 12 heavy (non-hydrogen) atoms. The lowest BCUT2D eigenvalue weighted by Gasteiger charge is -1.97. The monoisotopic (exact) mass is 163 g/mol. The highest BCUT2D eigenvalue weighted by molar-refractivity contribution is 5.29. The Morgan fingerprint density at radius 3 is 2.50 bits per heavy atom. The summed E-state index contributed by atoms with van der Waals surface area (Å²) < 4.78 is 14.1. The zero-order chi connectivity index (χ0) is 8.39. The van der Waals surface area contributed by atoms with Gasteiger partial charge in [0.15, 0.2) is 0 Å². The maximum atomic E-state index is 12.5. The molecule has 2 aromatic rings. The third kappa shape index (κ3) is 1.18. The van der Waals surface area contributed by atoms with E-state index >= 15 is 0 Å². The first-order valence-electron chi connectivity index (χ1n) is 3.48. The fourth-order valence-corrected chi connectivity index (χ4v) is 0.940. The summed E-state index contributed by atoms with van der Waals surface area (Å²) in [4.78, 5) is 0. The van der Waals surface area contributed by atoms with Gasteiger partial charge in [0.05, 0.1) is 18.1 Å². The van der Waals surface area contributed by atoms with Crippen LogP contribution in [0.25, 0.3) is 5.69 Å². The highest BCUT2D eigenvalue weighted by Crippen LogP contribution is 2.05. The van der Waals surface area contributed by atoms with Gasteiger partial charge in [0.2, 0.25) is 0 Å². The summed E-state index contributed by atoms with van der Waals surface area (Å²) in [7, 11) is 0. The number of aromatic nitrogens is 3. The second-order valence-electron chi connectivity index (χ2n) is 2.32. The summed E-state index contributed by atoms with van der Waals surface area (Å²) in [5.74, 6) is -0.251. The molecule has 1 aromatic heterocycles. The highest BCUT2D eigenvalue weighted by Gasteiger charge is 1.95. The molecule has 1 aromatic carbocycles. The van der Waals surface area contributed by atoms with Crippen LogP contribution in [-0.2, 0) is 0 Å². The van der Waals surface area contributed by atoms with Crippen LogP contribution in [0.1, 0.15) is 0 Å². The molecule has 2 rings (SSSR count). The lowest BCUT2D eigenvalue weighted by molar-refractivity contribution is 0.626. The van der Waals surface area contributed by atoms with Crippen LogP contribution < -0.4 is 0 Å². The molecule has 0 unspecified atom stereocenters. The number of hydrogen-bond donors (Lipinski definition) is 0. The Bertz CT molecular complexity index is 352. The van der Waals surface area contributed by atoms with Gasteiger partial charge >= 0.3 is 0 Å². The van der Waals surface area contributed by atoms with Gasteiger partial charge < -0.3 is 0 Å². The average molecular weight is 163 g/mol. The molecule has 0 aliphatic carbocycles. The predicted octanol–water partition coefficient (Wildman–Crippen LogP) is 1.41. The Morgan fingerprint density at radius 1 is 1.17 bits per heavy atom. The maximum absolute atomic E-state index is 12.5. The van der Waals surface area contributed by atoms with Gasteiger partial charge in [0.1, 0.15) is 5.82 Å². The second-order valence-corrected chi connectivity index (χ2v) is 2.32. The van der Waals surface area contributed by atoms with E-state index < -0.39 is 0 Å². The highest BCUT2D eigenvalue weighted by atomic mass is 19.1. The standard InChI is InChI=1S/C8H6FN3/c9-7-1-3-8(4-2-7)12-6-5-10-11-12/h1-6H. The maximum Gasteiger partial charge on any atom is 0.123 e. The van der Waals surface area contributed by atoms with Gasteiger partial charge in [-0.3, -0.25) is 0 Å². The van der Waals surface area contributed by atoms with Crippen LogP contribution in [0.15, 0.2) is 36.7 Å². The fourth-order valence-electron chi connectivity index (χ4n) is 0.940. The Hall–Kier alpha value is -1.71. The van der Waals surface area contributed by atoms with Crippen LogP contribution in [0.2, 0.25) is 0 Å². The van der Waals surface area contributed by atoms with E-state index in [-0.39, 0.29) is 5.82 Å². The van der Waals surface area contributed by atoms with Crippen molar-refractivity contribution in [1.82, 2.24) is 15.0 Å². The number of rotatable bonds is 1. The predicted molar refractivity (Wildman–Crippen MR) is 41.3 cm³/mol. The summed E-state index contributed by atoms with van der Waals surface area (Å²) in [6.45, 7) is 0. The summed E-state index contributed by atoms with van der Waals surface area (Å²) in [6, 6.07) is 6.06. The molecule has 0 N–H and O–H groups in total. The van der Waals surface area contributed by atoms with Crippen molar-refractivity contribution >= 4 is 0 Å². The normalized spacial score (nSPS) is 10.1. The van der Waals surface area contributed by atoms with Crippen molar-refractivity contribution in [3.8, 4) is 5.69 Å². The topological polar surface area (TPSA) is 30.7 Å². The SMILES string of the molecule is Fc1ccc(-n2ccnn2)cc1. The molecule has 0 amide bonds. The fraction of sp³-hybridized carbons (Fsp3) is 0. The third-order valence-electron chi connectivity index (χ3n) is 1.51. The molecule has 0 atom stereocenters. The molecule has 0 aliphatic rings. The van der Waals surface area contributed by atoms with Crippen molar-refractivity contribution in [1.29, 1.82) is 0 Å². The third-order valence-corrected chi connectivity index (χ3v) is 1.51. The number of halogens is 1. The van der Waals surface area contributed by atoms with Crippen LogP contribution >= 0.6 is 0 Å². The lowest BCUT2D eigenvalue weighted by atomic mass is 10.3. The van der Waals surface area contributed by atoms with Crippen molar-refractivity contribution in [2.24, 2.45) is 0 Å². The zero-order valence-corrected chi connectivity index (χ0v) is 6.18. The van der Waals surface area contributed by atoms with E-state index in [1.807, 2.05) is 0 Å². The van der Waals surface area contributed by atoms with E-state index in [0.29, 0.717) is 0 Å². The molecular weight excluding hydrogens is 157 g/mol. The van der Waals surface area contributed by atoms with Crippen LogP contribution in [0.4, 0.5) is 4.39 Å². The molecule has 1 heterocycles. The van der Waals surface area contributed by atoms with E-state index in [1.54, 1.807) is 29.2 Å². The van der Waals surface area contributed by atoms with Gasteiger partial charge in [-0.25, -0.2) is 9.07 Å². The van der Waals surface area contributed by atoms with Gasteiger partial charge in [0, 0.05) is 0 Å². The van der Waals surface area contributed by atoms with Crippen molar-refractivity contribution in [2.45, 2.75) is 0 Å². The average Bonchev–Trinajstić information content (AvgIpc) is 2.58. The van der Waals surface area contributed by atoms with Crippen LogP contribution in [0.3, 0.4) is 0 Å². The molecule has 0 fully saturated rings. The first-order chi connectivity index (χ1) is 5.86. The zero-order valence-electron chi connectivity index (χ0n) is 6.18. The molecule has 0 radical (unpaired) electrons. The van der Waals surface area contributed by atoms with Crippen LogP contribution in [0.5, 0.6) is 0 Å². The molecule has 4 heteroatoms. The Kier molecular flexibility index (Phi) is 1.59. The molecule has 0 saturated heterocycles. The molecule has 0 aliphatic heterocycles. The van der Waals surface area contributed by atoms with Gasteiger partial charge in [-0.15, -0.1) is 5.10 Å². The molecule has 60 valence electrons. The molecule has 3 nitrogen and oxygen atoms in total. The van der Waals surface area contributed by atoms with Crippen LogP contribution in [0, 0.1) is 5.82 Å². The Morgan fingerprint density at radius 2 is 1.92 bits per heavy atom. The number of hydrogen-bond acceptors (Lipinski definition) is 2. The van der Waals surface area contributed by atoms with E-state index in [2.05, 4.69) is 10.3 Å². The lowest BCUT2D eigenvalue weighted by Crippen LogP contribution is -1.94. The van der Waals surface area contributed by atoms with Crippen molar-refractivity contribution in [3.05, 3.63) is 42.5 Å². The minimum absolute atomic E-state index is 0.251.